The van der Waals surface area contributed by atoms with Crippen molar-refractivity contribution in [2.45, 2.75) is 27.0 Å². The molecule has 3 heteroatoms. The van der Waals surface area contributed by atoms with Gasteiger partial charge in [0.2, 0.25) is 0 Å². The molecule has 0 aliphatic rings. The zero-order valence-electron chi connectivity index (χ0n) is 14.8. The zero-order valence-corrected chi connectivity index (χ0v) is 14.8. The van der Waals surface area contributed by atoms with Gasteiger partial charge in [-0.1, -0.05) is 74.5 Å². The van der Waals surface area contributed by atoms with Crippen molar-refractivity contribution in [2.75, 3.05) is 26.4 Å². The molecule has 0 spiro atoms. The molecule has 24 heavy (non-hydrogen) atoms. The van der Waals surface area contributed by atoms with Crippen LogP contribution in [-0.2, 0) is 22.6 Å². The first-order valence-electron chi connectivity index (χ1n) is 8.60. The van der Waals surface area contributed by atoms with E-state index in [4.69, 9.17) is 9.47 Å². The van der Waals surface area contributed by atoms with Crippen LogP contribution in [0.4, 0.5) is 0 Å². The Hall–Kier alpha value is -1.68. The van der Waals surface area contributed by atoms with Crippen molar-refractivity contribution in [1.82, 2.24) is 5.32 Å². The topological polar surface area (TPSA) is 30.5 Å². The molecule has 0 bridgehead atoms. The maximum Gasteiger partial charge on any atom is 0.0718 e. The van der Waals surface area contributed by atoms with Crippen molar-refractivity contribution in [3.63, 3.8) is 0 Å². The molecule has 2 aromatic carbocycles. The van der Waals surface area contributed by atoms with Crippen LogP contribution in [0.5, 0.6) is 0 Å². The average molecular weight is 327 g/mol. The minimum atomic E-state index is 0.105. The van der Waals surface area contributed by atoms with E-state index in [1.165, 1.54) is 11.1 Å². The Morgan fingerprint density at radius 2 is 1.38 bits per heavy atom. The predicted octanol–water partition coefficient (Wildman–Crippen LogP) is 4.04. The van der Waals surface area contributed by atoms with Gasteiger partial charge in [-0.15, -0.1) is 0 Å². The van der Waals surface area contributed by atoms with Crippen molar-refractivity contribution in [3.8, 4) is 0 Å². The van der Waals surface area contributed by atoms with Crippen LogP contribution in [0.25, 0.3) is 0 Å². The molecular weight excluding hydrogens is 298 g/mol. The second-order valence-electron chi connectivity index (χ2n) is 6.84. The normalized spacial score (nSPS) is 11.6. The molecule has 2 rings (SSSR count). The van der Waals surface area contributed by atoms with E-state index in [0.29, 0.717) is 19.8 Å². The van der Waals surface area contributed by atoms with E-state index in [-0.39, 0.29) is 5.41 Å². The first-order valence-corrected chi connectivity index (χ1v) is 8.60. The third-order valence-electron chi connectivity index (χ3n) is 3.75. The molecule has 0 fully saturated rings. The Morgan fingerprint density at radius 3 is 2.04 bits per heavy atom. The Morgan fingerprint density at radius 1 is 0.792 bits per heavy atom. The van der Waals surface area contributed by atoms with Gasteiger partial charge in [-0.2, -0.15) is 0 Å². The van der Waals surface area contributed by atoms with Crippen LogP contribution >= 0.6 is 0 Å². The van der Waals surface area contributed by atoms with Crippen molar-refractivity contribution in [3.05, 3.63) is 71.8 Å². The van der Waals surface area contributed by atoms with E-state index < -0.39 is 0 Å². The van der Waals surface area contributed by atoms with Gasteiger partial charge in [0, 0.05) is 18.5 Å². The van der Waals surface area contributed by atoms with Crippen LogP contribution in [0.3, 0.4) is 0 Å². The van der Waals surface area contributed by atoms with E-state index in [2.05, 4.69) is 55.6 Å². The minimum absolute atomic E-state index is 0.105. The molecule has 0 saturated carbocycles. The fourth-order valence-electron chi connectivity index (χ4n) is 2.42. The number of rotatable bonds is 11. The van der Waals surface area contributed by atoms with Crippen LogP contribution in [0, 0.1) is 5.41 Å². The largest absolute Gasteiger partial charge is 0.378 e. The molecule has 2 aromatic rings. The molecule has 0 saturated heterocycles. The Balaban J connectivity index is 1.52. The number of hydrogen-bond donors (Lipinski definition) is 1. The third kappa shape index (κ3) is 7.73. The summed E-state index contributed by atoms with van der Waals surface area (Å²) in [5.41, 5.74) is 2.61. The van der Waals surface area contributed by atoms with Gasteiger partial charge >= 0.3 is 0 Å². The zero-order chi connectivity index (χ0) is 17.1. The van der Waals surface area contributed by atoms with Crippen LogP contribution in [-0.4, -0.2) is 26.4 Å². The highest BCUT2D eigenvalue weighted by Crippen LogP contribution is 2.14. The molecule has 0 unspecified atom stereocenters. The lowest BCUT2D eigenvalue weighted by atomic mass is 9.95. The van der Waals surface area contributed by atoms with Crippen LogP contribution in [0.15, 0.2) is 60.7 Å². The summed E-state index contributed by atoms with van der Waals surface area (Å²) in [5.74, 6) is 0. The molecule has 3 nitrogen and oxygen atoms in total. The summed E-state index contributed by atoms with van der Waals surface area (Å²) in [7, 11) is 0. The number of benzene rings is 2. The summed E-state index contributed by atoms with van der Waals surface area (Å²) in [6, 6.07) is 20.7. The minimum Gasteiger partial charge on any atom is -0.378 e. The van der Waals surface area contributed by atoms with E-state index >= 15 is 0 Å². The first-order chi connectivity index (χ1) is 11.7. The second kappa shape index (κ2) is 10.2. The van der Waals surface area contributed by atoms with Crippen LogP contribution < -0.4 is 5.32 Å². The predicted molar refractivity (Wildman–Crippen MR) is 98.8 cm³/mol. The summed E-state index contributed by atoms with van der Waals surface area (Å²) in [4.78, 5) is 0. The molecule has 0 radical (unpaired) electrons. The van der Waals surface area contributed by atoms with Crippen molar-refractivity contribution in [1.29, 1.82) is 0 Å². The third-order valence-corrected chi connectivity index (χ3v) is 3.75. The smallest absolute Gasteiger partial charge is 0.0718 e. The molecule has 1 N–H and O–H groups in total. The monoisotopic (exact) mass is 327 g/mol. The van der Waals surface area contributed by atoms with Crippen molar-refractivity contribution < 1.29 is 9.47 Å². The van der Waals surface area contributed by atoms with Gasteiger partial charge in [-0.3, -0.25) is 0 Å². The lowest BCUT2D eigenvalue weighted by Crippen LogP contribution is -2.33. The first kappa shape index (κ1) is 18.7. The summed E-state index contributed by atoms with van der Waals surface area (Å²) in [5, 5.41) is 3.50. The quantitative estimate of drug-likeness (QED) is 0.632. The Bertz CT molecular complexity index is 555. The molecule has 130 valence electrons. The Labute approximate surface area is 146 Å². The van der Waals surface area contributed by atoms with Gasteiger partial charge in [0.1, 0.15) is 0 Å². The summed E-state index contributed by atoms with van der Waals surface area (Å²) in [6.45, 7) is 8.88. The van der Waals surface area contributed by atoms with E-state index in [1.807, 2.05) is 24.3 Å². The van der Waals surface area contributed by atoms with Gasteiger partial charge in [-0.05, 0) is 11.1 Å². The van der Waals surface area contributed by atoms with Crippen molar-refractivity contribution >= 4 is 0 Å². The van der Waals surface area contributed by atoms with Gasteiger partial charge in [-0.25, -0.2) is 0 Å². The van der Waals surface area contributed by atoms with Gasteiger partial charge < -0.3 is 14.8 Å². The number of hydrogen-bond acceptors (Lipinski definition) is 3. The molecule has 0 aromatic heterocycles. The second-order valence-corrected chi connectivity index (χ2v) is 6.84. The van der Waals surface area contributed by atoms with Crippen LogP contribution in [0.1, 0.15) is 25.0 Å². The van der Waals surface area contributed by atoms with Gasteiger partial charge in [0.25, 0.3) is 0 Å². The molecule has 0 aliphatic carbocycles. The van der Waals surface area contributed by atoms with E-state index in [1.54, 1.807) is 0 Å². The molecule has 0 aliphatic heterocycles. The lowest BCUT2D eigenvalue weighted by molar-refractivity contribution is 0.0103. The van der Waals surface area contributed by atoms with Crippen molar-refractivity contribution in [2.24, 2.45) is 5.41 Å². The summed E-state index contributed by atoms with van der Waals surface area (Å²) < 4.78 is 11.4. The molecular formula is C21H29NO2. The average Bonchev–Trinajstić information content (AvgIpc) is 2.60. The summed E-state index contributed by atoms with van der Waals surface area (Å²) in [6.07, 6.45) is 0. The maximum atomic E-state index is 5.77. The molecule has 0 heterocycles. The number of nitrogens with one attached hydrogen (secondary N) is 1. The molecule has 0 atom stereocenters. The highest BCUT2D eigenvalue weighted by molar-refractivity contribution is 5.14. The SMILES string of the molecule is CC(C)(CNCc1ccccc1)COCCOCc1ccccc1. The fourth-order valence-corrected chi connectivity index (χ4v) is 2.42. The highest BCUT2D eigenvalue weighted by Gasteiger charge is 2.17. The maximum absolute atomic E-state index is 5.77. The van der Waals surface area contributed by atoms with E-state index in [9.17, 15) is 0 Å². The Kier molecular flexibility index (Phi) is 7.96. The van der Waals surface area contributed by atoms with Gasteiger partial charge in [0.05, 0.1) is 26.4 Å². The standard InChI is InChI=1S/C21H29NO2/c1-21(2,17-22-15-19-9-5-3-6-10-19)18-24-14-13-23-16-20-11-7-4-8-12-20/h3-12,22H,13-18H2,1-2H3. The van der Waals surface area contributed by atoms with E-state index in [0.717, 1.165) is 19.7 Å². The molecule has 0 amide bonds. The fraction of sp³-hybridized carbons (Fsp3) is 0.429. The lowest BCUT2D eigenvalue weighted by Gasteiger charge is -2.25. The highest BCUT2D eigenvalue weighted by atomic mass is 16.5. The van der Waals surface area contributed by atoms with Gasteiger partial charge in [0.15, 0.2) is 0 Å². The number of ether oxygens (including phenoxy) is 2. The van der Waals surface area contributed by atoms with Crippen LogP contribution in [0.2, 0.25) is 0 Å². The summed E-state index contributed by atoms with van der Waals surface area (Å²) >= 11 is 0.